The standard InChI is InChI=1S/C17H18N2O4/c1-2-3-12-23-16-10-4-13(5-11-16)17(20)18-14-6-8-15(9-7-14)19(21)22/h4-11H,2-3,12H2,1H3,(H,18,20). The number of rotatable bonds is 7. The number of benzene rings is 2. The highest BCUT2D eigenvalue weighted by Crippen LogP contribution is 2.17. The molecule has 0 radical (unpaired) electrons. The monoisotopic (exact) mass is 314 g/mol. The molecule has 0 spiro atoms. The van der Waals surface area contributed by atoms with Crippen LogP contribution in [0.3, 0.4) is 0 Å². The lowest BCUT2D eigenvalue weighted by molar-refractivity contribution is -0.384. The average molecular weight is 314 g/mol. The van der Waals surface area contributed by atoms with Crippen molar-refractivity contribution in [3.63, 3.8) is 0 Å². The van der Waals surface area contributed by atoms with Gasteiger partial charge < -0.3 is 10.1 Å². The third kappa shape index (κ3) is 4.81. The van der Waals surface area contributed by atoms with Gasteiger partial charge in [0.15, 0.2) is 0 Å². The average Bonchev–Trinajstić information content (AvgIpc) is 2.56. The van der Waals surface area contributed by atoms with E-state index in [0.29, 0.717) is 17.9 Å². The Morgan fingerprint density at radius 3 is 2.35 bits per heavy atom. The maximum absolute atomic E-state index is 12.1. The topological polar surface area (TPSA) is 81.5 Å². The van der Waals surface area contributed by atoms with Gasteiger partial charge in [-0.1, -0.05) is 13.3 Å². The highest BCUT2D eigenvalue weighted by molar-refractivity contribution is 6.04. The third-order valence-corrected chi connectivity index (χ3v) is 3.22. The highest BCUT2D eigenvalue weighted by atomic mass is 16.6. The number of carbonyl (C=O) groups is 1. The summed E-state index contributed by atoms with van der Waals surface area (Å²) in [4.78, 5) is 22.2. The molecule has 0 aromatic heterocycles. The van der Waals surface area contributed by atoms with Crippen LogP contribution in [0.2, 0.25) is 0 Å². The zero-order valence-corrected chi connectivity index (χ0v) is 12.8. The number of carbonyl (C=O) groups excluding carboxylic acids is 1. The van der Waals surface area contributed by atoms with Gasteiger partial charge in [-0.05, 0) is 42.8 Å². The van der Waals surface area contributed by atoms with Crippen molar-refractivity contribution >= 4 is 17.3 Å². The second kappa shape index (κ2) is 7.93. The van der Waals surface area contributed by atoms with Gasteiger partial charge in [0.1, 0.15) is 5.75 Å². The Bertz CT molecular complexity index is 666. The number of nitrogens with zero attached hydrogens (tertiary/aromatic N) is 1. The van der Waals surface area contributed by atoms with Gasteiger partial charge in [-0.3, -0.25) is 14.9 Å². The van der Waals surface area contributed by atoms with Gasteiger partial charge >= 0.3 is 0 Å². The quantitative estimate of drug-likeness (QED) is 0.475. The van der Waals surface area contributed by atoms with Crippen molar-refractivity contribution in [1.82, 2.24) is 0 Å². The van der Waals surface area contributed by atoms with Gasteiger partial charge in [-0.15, -0.1) is 0 Å². The predicted molar refractivity (Wildman–Crippen MR) is 87.9 cm³/mol. The smallest absolute Gasteiger partial charge is 0.269 e. The van der Waals surface area contributed by atoms with E-state index in [4.69, 9.17) is 4.74 Å². The molecule has 0 heterocycles. The molecule has 0 fully saturated rings. The van der Waals surface area contributed by atoms with Gasteiger partial charge in [-0.25, -0.2) is 0 Å². The van der Waals surface area contributed by atoms with E-state index in [2.05, 4.69) is 12.2 Å². The third-order valence-electron chi connectivity index (χ3n) is 3.22. The Kier molecular flexibility index (Phi) is 5.68. The molecule has 2 aromatic carbocycles. The van der Waals surface area contributed by atoms with E-state index < -0.39 is 4.92 Å². The van der Waals surface area contributed by atoms with Crippen LogP contribution in [0, 0.1) is 10.1 Å². The second-order valence-corrected chi connectivity index (χ2v) is 4.98. The van der Waals surface area contributed by atoms with Gasteiger partial charge in [0.2, 0.25) is 0 Å². The highest BCUT2D eigenvalue weighted by Gasteiger charge is 2.08. The number of nitrogens with one attached hydrogen (secondary N) is 1. The fourth-order valence-corrected chi connectivity index (χ4v) is 1.91. The molecule has 1 N–H and O–H groups in total. The number of amides is 1. The molecule has 0 atom stereocenters. The zero-order chi connectivity index (χ0) is 16.7. The number of nitro groups is 1. The van der Waals surface area contributed by atoms with E-state index in [9.17, 15) is 14.9 Å². The molecule has 0 aliphatic heterocycles. The lowest BCUT2D eigenvalue weighted by Gasteiger charge is -2.07. The normalized spacial score (nSPS) is 10.1. The number of non-ortho nitro benzene ring substituents is 1. The lowest BCUT2D eigenvalue weighted by atomic mass is 10.2. The number of anilines is 1. The van der Waals surface area contributed by atoms with Crippen LogP contribution in [-0.4, -0.2) is 17.4 Å². The molecule has 2 aromatic rings. The van der Waals surface area contributed by atoms with E-state index in [1.807, 2.05) is 0 Å². The minimum Gasteiger partial charge on any atom is -0.494 e. The van der Waals surface area contributed by atoms with Crippen molar-refractivity contribution in [3.8, 4) is 5.75 Å². The summed E-state index contributed by atoms with van der Waals surface area (Å²) in [6.07, 6.45) is 2.05. The Morgan fingerprint density at radius 1 is 1.13 bits per heavy atom. The zero-order valence-electron chi connectivity index (χ0n) is 12.8. The molecule has 2 rings (SSSR count). The number of unbranched alkanes of at least 4 members (excludes halogenated alkanes) is 1. The van der Waals surface area contributed by atoms with Gasteiger partial charge in [0.05, 0.1) is 11.5 Å². The Hall–Kier alpha value is -2.89. The van der Waals surface area contributed by atoms with Gasteiger partial charge in [0, 0.05) is 23.4 Å². The SMILES string of the molecule is CCCCOc1ccc(C(=O)Nc2ccc([N+](=O)[O-])cc2)cc1. The molecule has 1 amide bonds. The fourth-order valence-electron chi connectivity index (χ4n) is 1.91. The van der Waals surface area contributed by atoms with Crippen LogP contribution in [0.4, 0.5) is 11.4 Å². The molecule has 0 saturated carbocycles. The van der Waals surface area contributed by atoms with Crippen molar-refractivity contribution in [2.45, 2.75) is 19.8 Å². The summed E-state index contributed by atoms with van der Waals surface area (Å²) in [6.45, 7) is 2.75. The lowest BCUT2D eigenvalue weighted by Crippen LogP contribution is -2.11. The predicted octanol–water partition coefficient (Wildman–Crippen LogP) is 4.03. The van der Waals surface area contributed by atoms with Crippen LogP contribution in [0.5, 0.6) is 5.75 Å². The summed E-state index contributed by atoms with van der Waals surface area (Å²) in [5, 5.41) is 13.3. The van der Waals surface area contributed by atoms with E-state index in [-0.39, 0.29) is 11.6 Å². The number of hydrogen-bond acceptors (Lipinski definition) is 4. The molecule has 6 nitrogen and oxygen atoms in total. The maximum atomic E-state index is 12.1. The molecule has 0 bridgehead atoms. The summed E-state index contributed by atoms with van der Waals surface area (Å²) in [7, 11) is 0. The number of hydrogen-bond donors (Lipinski definition) is 1. The first kappa shape index (κ1) is 16.5. The van der Waals surface area contributed by atoms with Crippen molar-refractivity contribution in [2.75, 3.05) is 11.9 Å². The number of nitro benzene ring substituents is 1. The van der Waals surface area contributed by atoms with Crippen LogP contribution < -0.4 is 10.1 Å². The van der Waals surface area contributed by atoms with Crippen LogP contribution in [0.25, 0.3) is 0 Å². The first-order valence-corrected chi connectivity index (χ1v) is 7.39. The van der Waals surface area contributed by atoms with Crippen molar-refractivity contribution in [1.29, 1.82) is 0 Å². The Morgan fingerprint density at radius 2 is 1.78 bits per heavy atom. The molecule has 0 aliphatic carbocycles. The maximum Gasteiger partial charge on any atom is 0.269 e. The molecular weight excluding hydrogens is 296 g/mol. The van der Waals surface area contributed by atoms with Crippen molar-refractivity contribution in [2.24, 2.45) is 0 Å². The Labute approximate surface area is 134 Å². The minimum atomic E-state index is -0.483. The van der Waals surface area contributed by atoms with Crippen molar-refractivity contribution < 1.29 is 14.5 Å². The molecule has 0 aliphatic rings. The van der Waals surface area contributed by atoms with Crippen LogP contribution >= 0.6 is 0 Å². The summed E-state index contributed by atoms with van der Waals surface area (Å²) in [5.74, 6) is 0.448. The fraction of sp³-hybridized carbons (Fsp3) is 0.235. The molecular formula is C17H18N2O4. The summed E-state index contributed by atoms with van der Waals surface area (Å²) in [5.41, 5.74) is 0.978. The number of ether oxygens (including phenoxy) is 1. The van der Waals surface area contributed by atoms with Gasteiger partial charge in [-0.2, -0.15) is 0 Å². The molecule has 6 heteroatoms. The van der Waals surface area contributed by atoms with E-state index in [0.717, 1.165) is 18.6 Å². The summed E-state index contributed by atoms with van der Waals surface area (Å²) < 4.78 is 5.54. The largest absolute Gasteiger partial charge is 0.494 e. The summed E-state index contributed by atoms with van der Waals surface area (Å²) in [6, 6.07) is 12.6. The minimum absolute atomic E-state index is 0.0171. The van der Waals surface area contributed by atoms with Crippen molar-refractivity contribution in [3.05, 3.63) is 64.2 Å². The Balaban J connectivity index is 1.96. The first-order valence-electron chi connectivity index (χ1n) is 7.39. The van der Waals surface area contributed by atoms with E-state index in [1.54, 1.807) is 24.3 Å². The molecule has 23 heavy (non-hydrogen) atoms. The van der Waals surface area contributed by atoms with Crippen LogP contribution in [0.15, 0.2) is 48.5 Å². The molecule has 0 saturated heterocycles. The molecule has 120 valence electrons. The van der Waals surface area contributed by atoms with E-state index in [1.165, 1.54) is 24.3 Å². The van der Waals surface area contributed by atoms with Crippen LogP contribution in [0.1, 0.15) is 30.1 Å². The molecule has 0 unspecified atom stereocenters. The summed E-state index contributed by atoms with van der Waals surface area (Å²) >= 11 is 0. The van der Waals surface area contributed by atoms with Crippen LogP contribution in [-0.2, 0) is 0 Å². The van der Waals surface area contributed by atoms with Gasteiger partial charge in [0.25, 0.3) is 11.6 Å². The van der Waals surface area contributed by atoms with E-state index >= 15 is 0 Å². The second-order valence-electron chi connectivity index (χ2n) is 4.98. The first-order chi connectivity index (χ1) is 11.1.